The molecule has 1 heterocycles. The predicted molar refractivity (Wildman–Crippen MR) is 112 cm³/mol. The minimum atomic E-state index is -3.79. The predicted octanol–water partition coefficient (Wildman–Crippen LogP) is 3.92. The first kappa shape index (κ1) is 20.9. The molecule has 29 heavy (non-hydrogen) atoms. The van der Waals surface area contributed by atoms with Gasteiger partial charge in [-0.05, 0) is 45.4 Å². The van der Waals surface area contributed by atoms with Gasteiger partial charge in [-0.2, -0.15) is 0 Å². The van der Waals surface area contributed by atoms with E-state index in [1.807, 2.05) is 0 Å². The lowest BCUT2D eigenvalue weighted by Crippen LogP contribution is -2.40. The van der Waals surface area contributed by atoms with Crippen molar-refractivity contribution >= 4 is 16.0 Å². The van der Waals surface area contributed by atoms with E-state index in [1.165, 1.54) is 18.3 Å². The molecule has 1 aromatic heterocycles. The number of halogens is 1. The van der Waals surface area contributed by atoms with Gasteiger partial charge in [0, 0.05) is 28.4 Å². The van der Waals surface area contributed by atoms with Gasteiger partial charge in [-0.3, -0.25) is 0 Å². The summed E-state index contributed by atoms with van der Waals surface area (Å²) in [6, 6.07) is 11.1. The Morgan fingerprint density at radius 3 is 2.34 bits per heavy atom. The summed E-state index contributed by atoms with van der Waals surface area (Å²) in [5.41, 5.74) is 7.19. The molecule has 3 N–H and O–H groups in total. The average molecular weight is 415 g/mol. The van der Waals surface area contributed by atoms with Crippen molar-refractivity contribution in [2.24, 2.45) is 0 Å². The highest BCUT2D eigenvalue weighted by Gasteiger charge is 2.25. The molecule has 0 aliphatic heterocycles. The van der Waals surface area contributed by atoms with Gasteiger partial charge in [-0.1, -0.05) is 30.3 Å². The number of aromatic nitrogens is 2. The highest BCUT2D eigenvalue weighted by molar-refractivity contribution is 7.89. The van der Waals surface area contributed by atoms with E-state index in [-0.39, 0.29) is 10.8 Å². The van der Waals surface area contributed by atoms with Gasteiger partial charge in [0.1, 0.15) is 5.82 Å². The summed E-state index contributed by atoms with van der Waals surface area (Å²) in [6.45, 7) is 7.01. The molecule has 3 aromatic rings. The van der Waals surface area contributed by atoms with E-state index in [0.717, 1.165) is 0 Å². The summed E-state index contributed by atoms with van der Waals surface area (Å²) in [5.74, 6) is -0.385. The number of nitrogens with one attached hydrogen (secondary N) is 1. The maximum Gasteiger partial charge on any atom is 0.241 e. The lowest BCUT2D eigenvalue weighted by atomic mass is 9.99. The van der Waals surface area contributed by atoms with Crippen LogP contribution in [-0.4, -0.2) is 23.9 Å². The molecule has 0 bridgehead atoms. The molecule has 6 nitrogen and oxygen atoms in total. The van der Waals surface area contributed by atoms with E-state index in [9.17, 15) is 12.8 Å². The van der Waals surface area contributed by atoms with Gasteiger partial charge in [-0.15, -0.1) is 0 Å². The molecule has 0 amide bonds. The van der Waals surface area contributed by atoms with Gasteiger partial charge >= 0.3 is 0 Å². The quantitative estimate of drug-likeness (QED) is 0.674. The van der Waals surface area contributed by atoms with Crippen molar-refractivity contribution in [1.29, 1.82) is 0 Å². The monoisotopic (exact) mass is 414 g/mol. The molecule has 0 unspecified atom stereocenters. The van der Waals surface area contributed by atoms with E-state index in [4.69, 9.17) is 5.73 Å². The number of nitrogens with zero attached hydrogens (tertiary/aromatic N) is 2. The molecule has 0 spiro atoms. The van der Waals surface area contributed by atoms with Crippen molar-refractivity contribution in [3.63, 3.8) is 0 Å². The van der Waals surface area contributed by atoms with Crippen LogP contribution in [0.2, 0.25) is 0 Å². The smallest absolute Gasteiger partial charge is 0.241 e. The van der Waals surface area contributed by atoms with Crippen LogP contribution in [0, 0.1) is 12.7 Å². The zero-order chi connectivity index (χ0) is 21.4. The van der Waals surface area contributed by atoms with Crippen LogP contribution in [-0.2, 0) is 10.0 Å². The minimum absolute atomic E-state index is 0.0917. The fourth-order valence-electron chi connectivity index (χ4n) is 3.05. The molecule has 0 saturated heterocycles. The Morgan fingerprint density at radius 1 is 1.03 bits per heavy atom. The van der Waals surface area contributed by atoms with Crippen LogP contribution < -0.4 is 10.5 Å². The van der Waals surface area contributed by atoms with Crippen LogP contribution >= 0.6 is 0 Å². The highest BCUT2D eigenvalue weighted by atomic mass is 32.2. The van der Waals surface area contributed by atoms with Crippen LogP contribution in [0.5, 0.6) is 0 Å². The van der Waals surface area contributed by atoms with Crippen molar-refractivity contribution in [1.82, 2.24) is 14.7 Å². The Balaban J connectivity index is 2.09. The summed E-state index contributed by atoms with van der Waals surface area (Å²) in [7, 11) is -3.79. The topological polar surface area (TPSA) is 98.0 Å². The third kappa shape index (κ3) is 4.60. The fourth-order valence-corrected chi connectivity index (χ4v) is 4.70. The summed E-state index contributed by atoms with van der Waals surface area (Å²) in [4.78, 5) is 8.09. The van der Waals surface area contributed by atoms with Gasteiger partial charge in [-0.25, -0.2) is 27.5 Å². The van der Waals surface area contributed by atoms with Crippen LogP contribution in [0.25, 0.3) is 22.3 Å². The molecule has 2 aromatic carbocycles. The number of nitrogens with two attached hydrogens (primary N) is 1. The molecule has 0 aliphatic carbocycles. The second-order valence-corrected chi connectivity index (χ2v) is 9.42. The van der Waals surface area contributed by atoms with E-state index in [2.05, 4.69) is 14.7 Å². The van der Waals surface area contributed by atoms with Crippen molar-refractivity contribution in [3.8, 4) is 22.3 Å². The Morgan fingerprint density at radius 2 is 1.72 bits per heavy atom. The normalized spacial score (nSPS) is 12.2. The molecule has 0 saturated carbocycles. The number of sulfonamides is 1. The summed E-state index contributed by atoms with van der Waals surface area (Å²) < 4.78 is 43.3. The Labute approximate surface area is 170 Å². The van der Waals surface area contributed by atoms with Crippen LogP contribution in [0.4, 0.5) is 10.3 Å². The Hall–Kier alpha value is -2.84. The van der Waals surface area contributed by atoms with Crippen molar-refractivity contribution in [3.05, 3.63) is 60.2 Å². The third-order valence-electron chi connectivity index (χ3n) is 4.19. The molecule has 152 valence electrons. The SMILES string of the molecule is Cc1nc(N)ncc1-c1ccc(-c2ccccc2S(=O)(=O)NC(C)(C)C)cc1F. The van der Waals surface area contributed by atoms with Crippen LogP contribution in [0.3, 0.4) is 0 Å². The van der Waals surface area contributed by atoms with Gasteiger partial charge in [0.05, 0.1) is 10.6 Å². The van der Waals surface area contributed by atoms with Crippen molar-refractivity contribution in [2.75, 3.05) is 5.73 Å². The number of benzene rings is 2. The minimum Gasteiger partial charge on any atom is -0.368 e. The summed E-state index contributed by atoms with van der Waals surface area (Å²) in [6.07, 6.45) is 1.47. The Bertz CT molecular complexity index is 1170. The average Bonchev–Trinajstić information content (AvgIpc) is 2.60. The van der Waals surface area contributed by atoms with E-state index in [1.54, 1.807) is 58.0 Å². The highest BCUT2D eigenvalue weighted by Crippen LogP contribution is 2.32. The van der Waals surface area contributed by atoms with Gasteiger partial charge in [0.2, 0.25) is 16.0 Å². The first-order valence-corrected chi connectivity index (χ1v) is 10.5. The summed E-state index contributed by atoms with van der Waals surface area (Å²) in [5, 5.41) is 0. The first-order chi connectivity index (χ1) is 13.5. The zero-order valence-corrected chi connectivity index (χ0v) is 17.5. The van der Waals surface area contributed by atoms with Crippen LogP contribution in [0.15, 0.2) is 53.6 Å². The zero-order valence-electron chi connectivity index (χ0n) is 16.7. The molecule has 3 rings (SSSR count). The molecular formula is C21H23FN4O2S. The number of anilines is 1. The number of hydrogen-bond donors (Lipinski definition) is 2. The standard InChI is InChI=1S/C21H23FN4O2S/c1-13-17(12-24-20(23)25-13)16-10-9-14(11-18(16)22)15-7-5-6-8-19(15)29(27,28)26-21(2,3)4/h5-12,26H,1-4H3,(H2,23,24,25). The second-order valence-electron chi connectivity index (χ2n) is 7.77. The molecule has 8 heteroatoms. The largest absolute Gasteiger partial charge is 0.368 e. The maximum atomic E-state index is 14.9. The van der Waals surface area contributed by atoms with E-state index >= 15 is 0 Å². The lowest BCUT2D eigenvalue weighted by molar-refractivity contribution is 0.491. The van der Waals surface area contributed by atoms with E-state index < -0.39 is 21.4 Å². The molecule has 0 aliphatic rings. The van der Waals surface area contributed by atoms with Crippen LogP contribution in [0.1, 0.15) is 26.5 Å². The first-order valence-electron chi connectivity index (χ1n) is 9.00. The number of rotatable bonds is 4. The fraction of sp³-hybridized carbons (Fsp3) is 0.238. The number of aryl methyl sites for hydroxylation is 1. The molecular weight excluding hydrogens is 391 g/mol. The molecule has 0 fully saturated rings. The number of nitrogen functional groups attached to an aromatic ring is 1. The van der Waals surface area contributed by atoms with Gasteiger partial charge in [0.25, 0.3) is 0 Å². The lowest BCUT2D eigenvalue weighted by Gasteiger charge is -2.21. The maximum absolute atomic E-state index is 14.9. The van der Waals surface area contributed by atoms with Gasteiger partial charge in [0.15, 0.2) is 0 Å². The van der Waals surface area contributed by atoms with Crippen molar-refractivity contribution < 1.29 is 12.8 Å². The second kappa shape index (κ2) is 7.53. The van der Waals surface area contributed by atoms with Crippen molar-refractivity contribution in [2.45, 2.75) is 38.1 Å². The Kier molecular flexibility index (Phi) is 5.42. The third-order valence-corrected chi connectivity index (χ3v) is 6.00. The van der Waals surface area contributed by atoms with Gasteiger partial charge < -0.3 is 5.73 Å². The molecule has 0 radical (unpaired) electrons. The number of hydrogen-bond acceptors (Lipinski definition) is 5. The summed E-state index contributed by atoms with van der Waals surface area (Å²) >= 11 is 0. The molecule has 0 atom stereocenters. The van der Waals surface area contributed by atoms with E-state index in [0.29, 0.717) is 27.9 Å².